The second-order valence-electron chi connectivity index (χ2n) is 13.2. The third-order valence-electron chi connectivity index (χ3n) is 6.29. The van der Waals surface area contributed by atoms with Crippen molar-refractivity contribution in [3.8, 4) is 0 Å². The first-order chi connectivity index (χ1) is 21.9. The number of amides is 2. The van der Waals surface area contributed by atoms with Crippen LogP contribution in [-0.2, 0) is 41.6 Å². The Morgan fingerprint density at radius 1 is 0.851 bits per heavy atom. The molecule has 0 aliphatic rings. The molecule has 2 amide bonds. The summed E-state index contributed by atoms with van der Waals surface area (Å²) in [5.41, 5.74) is 0.664. The molecule has 3 atom stereocenters. The lowest BCUT2D eigenvalue weighted by Gasteiger charge is -2.28. The van der Waals surface area contributed by atoms with Crippen molar-refractivity contribution >= 4 is 49.9 Å². The van der Waals surface area contributed by atoms with Gasteiger partial charge < -0.3 is 25.2 Å². The van der Waals surface area contributed by atoms with E-state index in [1.807, 2.05) is 81.4 Å². The van der Waals surface area contributed by atoms with E-state index in [2.05, 4.69) is 10.6 Å². The summed E-state index contributed by atoms with van der Waals surface area (Å²) in [5, 5.41) is 14.6. The molecule has 0 unspecified atom stereocenters. The zero-order valence-electron chi connectivity index (χ0n) is 27.9. The summed E-state index contributed by atoms with van der Waals surface area (Å²) < 4.78 is 41.7. The van der Waals surface area contributed by atoms with Crippen molar-refractivity contribution in [3.05, 3.63) is 71.8 Å². The fraction of sp³-hybridized carbons (Fsp3) is 0.545. The lowest BCUT2D eigenvalue weighted by Crippen LogP contribution is -2.45. The highest BCUT2D eigenvalue weighted by atomic mass is 33.1. The zero-order valence-corrected chi connectivity index (χ0v) is 30.3. The Morgan fingerprint density at radius 3 is 2.00 bits per heavy atom. The van der Waals surface area contributed by atoms with Crippen LogP contribution >= 0.6 is 21.6 Å². The molecule has 0 aliphatic carbocycles. The van der Waals surface area contributed by atoms with Gasteiger partial charge in [0, 0.05) is 17.0 Å². The molecule has 0 radical (unpaired) electrons. The van der Waals surface area contributed by atoms with Crippen molar-refractivity contribution in [3.63, 3.8) is 0 Å². The van der Waals surface area contributed by atoms with Crippen LogP contribution in [0.25, 0.3) is 0 Å². The van der Waals surface area contributed by atoms with Gasteiger partial charge in [-0.15, -0.1) is 0 Å². The van der Waals surface area contributed by atoms with E-state index in [-0.39, 0.29) is 41.8 Å². The van der Waals surface area contributed by atoms with Gasteiger partial charge in [-0.1, -0.05) is 103 Å². The summed E-state index contributed by atoms with van der Waals surface area (Å²) in [6.07, 6.45) is -0.402. The van der Waals surface area contributed by atoms with Crippen molar-refractivity contribution in [1.29, 1.82) is 0 Å². The Balaban J connectivity index is 2.24. The third-order valence-corrected chi connectivity index (χ3v) is 10.5. The number of alkyl carbamates (subject to hydrolysis) is 2. The Kier molecular flexibility index (Phi) is 16.4. The Morgan fingerprint density at radius 2 is 1.45 bits per heavy atom. The summed E-state index contributed by atoms with van der Waals surface area (Å²) in [6.45, 7) is 10.7. The zero-order chi connectivity index (χ0) is 35.1. The van der Waals surface area contributed by atoms with Crippen LogP contribution in [0.2, 0.25) is 0 Å². The van der Waals surface area contributed by atoms with E-state index in [1.165, 1.54) is 21.6 Å². The maximum Gasteiger partial charge on any atom is 0.408 e. The van der Waals surface area contributed by atoms with Gasteiger partial charge in [0.25, 0.3) is 10.1 Å². The normalized spacial score (nSPS) is 14.0. The van der Waals surface area contributed by atoms with E-state index in [4.69, 9.17) is 13.7 Å². The summed E-state index contributed by atoms with van der Waals surface area (Å²) in [7, 11) is -1.41. The van der Waals surface area contributed by atoms with Crippen molar-refractivity contribution < 1.29 is 41.6 Å². The number of aliphatic carboxylic acids is 1. The van der Waals surface area contributed by atoms with Gasteiger partial charge in [0.15, 0.2) is 0 Å². The Labute approximate surface area is 286 Å². The van der Waals surface area contributed by atoms with Crippen molar-refractivity contribution in [1.82, 2.24) is 10.6 Å². The van der Waals surface area contributed by atoms with E-state index in [9.17, 15) is 27.9 Å². The molecule has 262 valence electrons. The molecule has 2 aromatic rings. The van der Waals surface area contributed by atoms with Crippen molar-refractivity contribution in [2.24, 2.45) is 5.41 Å². The molecule has 0 saturated heterocycles. The van der Waals surface area contributed by atoms with E-state index in [1.54, 1.807) is 20.8 Å². The molecular weight excluding hydrogens is 665 g/mol. The second-order valence-corrected chi connectivity index (χ2v) is 17.6. The molecule has 11 nitrogen and oxygen atoms in total. The summed E-state index contributed by atoms with van der Waals surface area (Å²) in [5.74, 6) is -1.59. The number of nitrogens with one attached hydrogen (secondary N) is 2. The number of carboxylic acid groups (broad SMARTS) is 1. The number of rotatable bonds is 18. The molecule has 47 heavy (non-hydrogen) atoms. The highest BCUT2D eigenvalue weighted by Crippen LogP contribution is 2.34. The third kappa shape index (κ3) is 18.3. The maximum absolute atomic E-state index is 13.0. The largest absolute Gasteiger partial charge is 0.480 e. The molecule has 14 heteroatoms. The first kappa shape index (κ1) is 40.2. The quantitative estimate of drug-likeness (QED) is 0.116. The molecule has 0 aliphatic heterocycles. The number of hydrogen-bond acceptors (Lipinski definition) is 10. The van der Waals surface area contributed by atoms with Crippen LogP contribution in [0.3, 0.4) is 0 Å². The van der Waals surface area contributed by atoms with E-state index in [0.717, 1.165) is 11.1 Å². The number of carbonyl (C=O) groups is 3. The molecule has 0 aromatic heterocycles. The summed E-state index contributed by atoms with van der Waals surface area (Å²) in [6, 6.07) is 16.9. The number of hydrogen-bond donors (Lipinski definition) is 3. The number of carboxylic acids is 1. The molecule has 0 bridgehead atoms. The number of ether oxygens (including phenoxy) is 2. The average Bonchev–Trinajstić information content (AvgIpc) is 2.98. The van der Waals surface area contributed by atoms with Gasteiger partial charge >= 0.3 is 18.2 Å². The van der Waals surface area contributed by atoms with Gasteiger partial charge in [0.1, 0.15) is 18.2 Å². The molecule has 2 rings (SSSR count). The highest BCUT2D eigenvalue weighted by Gasteiger charge is 2.30. The van der Waals surface area contributed by atoms with Gasteiger partial charge in [-0.05, 0) is 56.6 Å². The van der Waals surface area contributed by atoms with Crippen LogP contribution in [0.15, 0.2) is 60.7 Å². The van der Waals surface area contributed by atoms with Crippen molar-refractivity contribution in [2.75, 3.05) is 18.1 Å². The van der Waals surface area contributed by atoms with Gasteiger partial charge in [0.2, 0.25) is 0 Å². The van der Waals surface area contributed by atoms with Gasteiger partial charge in [-0.25, -0.2) is 14.4 Å². The molecule has 0 heterocycles. The van der Waals surface area contributed by atoms with Crippen molar-refractivity contribution in [2.45, 2.75) is 90.3 Å². The SMILES string of the molecule is CC(C)(C)COS(=O)(=O)CC[C@H](NC(=O)OCc1ccccc1)[C@H](CCc1ccccc1)SSC[C@H](NC(=O)OC(C)(C)C)C(=O)O. The number of aryl methyl sites for hydroxylation is 1. The van der Waals surface area contributed by atoms with Crippen LogP contribution in [-0.4, -0.2) is 72.7 Å². The Hall–Kier alpha value is -2.94. The first-order valence-electron chi connectivity index (χ1n) is 15.3. The van der Waals surface area contributed by atoms with Crippen LogP contribution in [0, 0.1) is 5.41 Å². The van der Waals surface area contributed by atoms with Crippen LogP contribution in [0.1, 0.15) is 65.5 Å². The van der Waals surface area contributed by atoms with Gasteiger partial charge in [-0.2, -0.15) is 8.42 Å². The minimum atomic E-state index is -3.92. The average molecular weight is 713 g/mol. The fourth-order valence-electron chi connectivity index (χ4n) is 3.95. The minimum Gasteiger partial charge on any atom is -0.480 e. The highest BCUT2D eigenvalue weighted by molar-refractivity contribution is 8.77. The molecule has 0 spiro atoms. The first-order valence-corrected chi connectivity index (χ1v) is 19.3. The predicted molar refractivity (Wildman–Crippen MR) is 187 cm³/mol. The van der Waals surface area contributed by atoms with Crippen LogP contribution in [0.5, 0.6) is 0 Å². The van der Waals surface area contributed by atoms with Gasteiger partial charge in [-0.3, -0.25) is 4.18 Å². The fourth-order valence-corrected chi connectivity index (χ4v) is 8.17. The number of benzene rings is 2. The second kappa shape index (κ2) is 19.2. The maximum atomic E-state index is 13.0. The van der Waals surface area contributed by atoms with E-state index < -0.39 is 46.0 Å². The van der Waals surface area contributed by atoms with E-state index in [0.29, 0.717) is 12.8 Å². The summed E-state index contributed by atoms with van der Waals surface area (Å²) >= 11 is 0. The summed E-state index contributed by atoms with van der Waals surface area (Å²) in [4.78, 5) is 37.3. The van der Waals surface area contributed by atoms with E-state index >= 15 is 0 Å². The molecule has 0 fully saturated rings. The smallest absolute Gasteiger partial charge is 0.408 e. The van der Waals surface area contributed by atoms with Crippen LogP contribution < -0.4 is 10.6 Å². The lowest BCUT2D eigenvalue weighted by molar-refractivity contribution is -0.138. The van der Waals surface area contributed by atoms with Gasteiger partial charge in [0.05, 0.1) is 12.4 Å². The monoisotopic (exact) mass is 712 g/mol. The topological polar surface area (TPSA) is 157 Å². The number of carbonyl (C=O) groups excluding carboxylic acids is 2. The Bertz CT molecular complexity index is 1360. The molecule has 0 saturated carbocycles. The molecule has 2 aromatic carbocycles. The standard InChI is InChI=1S/C33H48N2O9S3/c1-32(2,3)23-43-47(40,41)20-19-26(34-30(38)42-21-25-15-11-8-12-16-25)28(18-17-24-13-9-7-10-14-24)46-45-22-27(29(36)37)35-31(39)44-33(4,5)6/h7-16,26-28H,17-23H2,1-6H3,(H,34,38)(H,35,39)(H,36,37)/t26-,27-,28-/m0/s1. The predicted octanol–water partition coefficient (Wildman–Crippen LogP) is 6.42. The minimum absolute atomic E-state index is 0.00973. The lowest BCUT2D eigenvalue weighted by atomic mass is 9.99. The molecule has 3 N–H and O–H groups in total. The van der Waals surface area contributed by atoms with Crippen LogP contribution in [0.4, 0.5) is 9.59 Å². The molecular formula is C33H48N2O9S3.